The van der Waals surface area contributed by atoms with E-state index in [0.29, 0.717) is 29.9 Å². The van der Waals surface area contributed by atoms with Gasteiger partial charge in [0.05, 0.1) is 24.8 Å². The molecule has 0 aliphatic carbocycles. The fourth-order valence-corrected chi connectivity index (χ4v) is 3.44. The Morgan fingerprint density at radius 1 is 1.20 bits per heavy atom. The normalized spacial score (nSPS) is 21.5. The van der Waals surface area contributed by atoms with E-state index in [1.165, 1.54) is 4.90 Å². The lowest BCUT2D eigenvalue weighted by atomic mass is 9.84. The number of imide groups is 1. The van der Waals surface area contributed by atoms with E-state index in [-0.39, 0.29) is 12.5 Å². The third-order valence-electron chi connectivity index (χ3n) is 4.65. The summed E-state index contributed by atoms with van der Waals surface area (Å²) < 4.78 is 5.62. The van der Waals surface area contributed by atoms with Crippen LogP contribution >= 0.6 is 0 Å². The average Bonchev–Trinajstić information content (AvgIpc) is 2.87. The first-order valence-electron chi connectivity index (χ1n) is 7.99. The molecule has 0 bridgehead atoms. The van der Waals surface area contributed by atoms with Gasteiger partial charge >= 0.3 is 6.03 Å². The van der Waals surface area contributed by atoms with Gasteiger partial charge in [-0.2, -0.15) is 5.26 Å². The number of ether oxygens (including phenoxy) is 1. The molecular formula is C19H15N3O3. The summed E-state index contributed by atoms with van der Waals surface area (Å²) in [5.74, 6) is 0.339. The molecule has 1 atom stereocenters. The molecule has 2 heterocycles. The number of para-hydroxylation sites is 1. The van der Waals surface area contributed by atoms with Crippen molar-refractivity contribution in [2.24, 2.45) is 0 Å². The zero-order chi connectivity index (χ0) is 17.4. The summed E-state index contributed by atoms with van der Waals surface area (Å²) in [6, 6.07) is 15.8. The van der Waals surface area contributed by atoms with E-state index < -0.39 is 11.6 Å². The second-order valence-electron chi connectivity index (χ2n) is 6.13. The average molecular weight is 333 g/mol. The molecule has 2 aromatic rings. The van der Waals surface area contributed by atoms with Crippen LogP contribution in [-0.4, -0.2) is 23.4 Å². The molecule has 1 N–H and O–H groups in total. The molecule has 1 fully saturated rings. The number of amides is 3. The van der Waals surface area contributed by atoms with Crippen LogP contribution < -0.4 is 10.1 Å². The van der Waals surface area contributed by atoms with Gasteiger partial charge in [-0.25, -0.2) is 4.79 Å². The highest BCUT2D eigenvalue weighted by atomic mass is 16.5. The van der Waals surface area contributed by atoms with Crippen molar-refractivity contribution in [1.82, 2.24) is 10.2 Å². The van der Waals surface area contributed by atoms with Crippen molar-refractivity contribution in [3.63, 3.8) is 0 Å². The van der Waals surface area contributed by atoms with Gasteiger partial charge in [-0.05, 0) is 23.8 Å². The molecule has 1 saturated heterocycles. The minimum atomic E-state index is -1.07. The molecule has 3 amide bonds. The Balaban J connectivity index is 1.69. The second kappa shape index (κ2) is 5.64. The zero-order valence-electron chi connectivity index (χ0n) is 13.4. The van der Waals surface area contributed by atoms with Crippen molar-refractivity contribution in [3.05, 3.63) is 65.2 Å². The standard InChI is InChI=1S/C19H15N3O3/c20-11-13-4-3-5-14(10-13)12-22-17(23)19(21-18(22)24)8-9-25-16-7-2-1-6-15(16)19/h1-7,10H,8-9,12H2,(H,21,24)/t19-/m0/s1. The van der Waals surface area contributed by atoms with Gasteiger partial charge < -0.3 is 10.1 Å². The predicted molar refractivity (Wildman–Crippen MR) is 88.5 cm³/mol. The molecule has 0 aromatic heterocycles. The summed E-state index contributed by atoms with van der Waals surface area (Å²) in [4.78, 5) is 26.9. The van der Waals surface area contributed by atoms with Gasteiger partial charge in [0.1, 0.15) is 5.75 Å². The lowest BCUT2D eigenvalue weighted by molar-refractivity contribution is -0.133. The van der Waals surface area contributed by atoms with Crippen LogP contribution in [0.15, 0.2) is 48.5 Å². The summed E-state index contributed by atoms with van der Waals surface area (Å²) in [6.07, 6.45) is 0.392. The largest absolute Gasteiger partial charge is 0.493 e. The number of rotatable bonds is 2. The number of carbonyl (C=O) groups excluding carboxylic acids is 2. The maximum atomic E-state index is 13.1. The van der Waals surface area contributed by atoms with Gasteiger partial charge in [0, 0.05) is 12.0 Å². The van der Waals surface area contributed by atoms with Crippen LogP contribution in [-0.2, 0) is 16.9 Å². The number of urea groups is 1. The molecule has 2 aromatic carbocycles. The number of hydrogen-bond acceptors (Lipinski definition) is 4. The molecule has 124 valence electrons. The number of nitriles is 1. The van der Waals surface area contributed by atoms with E-state index in [1.807, 2.05) is 18.2 Å². The maximum Gasteiger partial charge on any atom is 0.325 e. The SMILES string of the molecule is N#Cc1cccc(CN2C(=O)N[C@]3(CCOc4ccccc43)C2=O)c1. The molecule has 6 heteroatoms. The third-order valence-corrected chi connectivity index (χ3v) is 4.65. The molecule has 25 heavy (non-hydrogen) atoms. The Morgan fingerprint density at radius 3 is 2.88 bits per heavy atom. The van der Waals surface area contributed by atoms with Crippen LogP contribution in [0.1, 0.15) is 23.1 Å². The number of benzene rings is 2. The minimum Gasteiger partial charge on any atom is -0.493 e. The molecular weight excluding hydrogens is 318 g/mol. The van der Waals surface area contributed by atoms with Gasteiger partial charge in [0.2, 0.25) is 0 Å². The summed E-state index contributed by atoms with van der Waals surface area (Å²) in [7, 11) is 0. The Morgan fingerprint density at radius 2 is 2.04 bits per heavy atom. The van der Waals surface area contributed by atoms with Gasteiger partial charge in [-0.3, -0.25) is 9.69 Å². The van der Waals surface area contributed by atoms with Crippen LogP contribution in [0, 0.1) is 11.3 Å². The Labute approximate surface area is 144 Å². The van der Waals surface area contributed by atoms with Crippen LogP contribution in [0.2, 0.25) is 0 Å². The van der Waals surface area contributed by atoms with Crippen LogP contribution in [0.25, 0.3) is 0 Å². The van der Waals surface area contributed by atoms with Crippen LogP contribution in [0.3, 0.4) is 0 Å². The summed E-state index contributed by atoms with van der Waals surface area (Å²) in [6.45, 7) is 0.492. The van der Waals surface area contributed by atoms with Crippen molar-refractivity contribution in [2.75, 3.05) is 6.61 Å². The number of carbonyl (C=O) groups is 2. The van der Waals surface area contributed by atoms with E-state index in [9.17, 15) is 9.59 Å². The summed E-state index contributed by atoms with van der Waals surface area (Å²) in [5, 5.41) is 11.9. The van der Waals surface area contributed by atoms with E-state index in [0.717, 1.165) is 5.56 Å². The number of nitrogens with one attached hydrogen (secondary N) is 1. The van der Waals surface area contributed by atoms with Crippen molar-refractivity contribution in [3.8, 4) is 11.8 Å². The van der Waals surface area contributed by atoms with E-state index in [2.05, 4.69) is 11.4 Å². The first-order valence-corrected chi connectivity index (χ1v) is 7.99. The molecule has 4 rings (SSSR count). The smallest absolute Gasteiger partial charge is 0.325 e. The maximum absolute atomic E-state index is 13.1. The van der Waals surface area contributed by atoms with Crippen LogP contribution in [0.4, 0.5) is 4.79 Å². The van der Waals surface area contributed by atoms with Crippen LogP contribution in [0.5, 0.6) is 5.75 Å². The molecule has 1 spiro atoms. The Kier molecular flexibility index (Phi) is 3.43. The third kappa shape index (κ3) is 2.32. The summed E-state index contributed by atoms with van der Waals surface area (Å²) in [5.41, 5.74) is 0.849. The van der Waals surface area contributed by atoms with Crippen molar-refractivity contribution in [2.45, 2.75) is 18.5 Å². The quantitative estimate of drug-likeness (QED) is 0.855. The Hall–Kier alpha value is -3.33. The van der Waals surface area contributed by atoms with Crippen molar-refractivity contribution >= 4 is 11.9 Å². The van der Waals surface area contributed by atoms with Gasteiger partial charge in [0.15, 0.2) is 5.54 Å². The lowest BCUT2D eigenvalue weighted by Gasteiger charge is -2.33. The lowest BCUT2D eigenvalue weighted by Crippen LogP contribution is -2.47. The summed E-state index contributed by atoms with van der Waals surface area (Å²) >= 11 is 0. The highest BCUT2D eigenvalue weighted by molar-refractivity contribution is 6.07. The topological polar surface area (TPSA) is 82.4 Å². The monoisotopic (exact) mass is 333 g/mol. The number of nitrogens with zero attached hydrogens (tertiary/aromatic N) is 2. The molecule has 2 aliphatic rings. The van der Waals surface area contributed by atoms with Gasteiger partial charge in [-0.15, -0.1) is 0 Å². The van der Waals surface area contributed by atoms with E-state index in [1.54, 1.807) is 30.3 Å². The van der Waals surface area contributed by atoms with Gasteiger partial charge in [-0.1, -0.05) is 30.3 Å². The van der Waals surface area contributed by atoms with Crippen molar-refractivity contribution in [1.29, 1.82) is 5.26 Å². The Bertz CT molecular complexity index is 918. The molecule has 2 aliphatic heterocycles. The highest BCUT2D eigenvalue weighted by Crippen LogP contribution is 2.41. The first-order chi connectivity index (χ1) is 12.1. The predicted octanol–water partition coefficient (Wildman–Crippen LogP) is 2.29. The molecule has 6 nitrogen and oxygen atoms in total. The minimum absolute atomic E-state index is 0.130. The fourth-order valence-electron chi connectivity index (χ4n) is 3.44. The highest BCUT2D eigenvalue weighted by Gasteiger charge is 2.54. The molecule has 0 unspecified atom stereocenters. The van der Waals surface area contributed by atoms with Gasteiger partial charge in [0.25, 0.3) is 5.91 Å². The van der Waals surface area contributed by atoms with E-state index in [4.69, 9.17) is 10.00 Å². The van der Waals surface area contributed by atoms with E-state index >= 15 is 0 Å². The number of hydrogen-bond donors (Lipinski definition) is 1. The molecule has 0 radical (unpaired) electrons. The first kappa shape index (κ1) is 15.2. The molecule has 0 saturated carbocycles. The second-order valence-corrected chi connectivity index (χ2v) is 6.13. The fraction of sp³-hybridized carbons (Fsp3) is 0.211. The zero-order valence-corrected chi connectivity index (χ0v) is 13.4. The van der Waals surface area contributed by atoms with Crippen molar-refractivity contribution < 1.29 is 14.3 Å². The number of fused-ring (bicyclic) bond motifs is 2.